The summed E-state index contributed by atoms with van der Waals surface area (Å²) in [5, 5.41) is 0. The minimum atomic E-state index is 0.245. The maximum absolute atomic E-state index is 5.79. The minimum absolute atomic E-state index is 0.245. The molecule has 1 aromatic rings. The van der Waals surface area contributed by atoms with Crippen LogP contribution in [0.1, 0.15) is 25.3 Å². The number of hydrogen-bond acceptors (Lipinski definition) is 2. The molecule has 2 heteroatoms. The first-order valence-electron chi connectivity index (χ1n) is 6.21. The normalized spacial score (nSPS) is 17.2. The molecule has 2 rings (SSSR count). The standard InChI is InChI=1S/C14H22N2/c1-11(15)9-12-5-7-14(8-6-12)16(2)10-13-3-4-13/h5-8,11,13H,3-4,9-10,15H2,1-2H3. The summed E-state index contributed by atoms with van der Waals surface area (Å²) < 4.78 is 0. The molecule has 0 heterocycles. The number of benzene rings is 1. The van der Waals surface area contributed by atoms with Crippen LogP contribution in [0.2, 0.25) is 0 Å². The van der Waals surface area contributed by atoms with E-state index in [0.29, 0.717) is 0 Å². The molecule has 0 radical (unpaired) electrons. The smallest absolute Gasteiger partial charge is 0.0363 e. The van der Waals surface area contributed by atoms with Crippen LogP contribution in [-0.4, -0.2) is 19.6 Å². The molecule has 1 aliphatic carbocycles. The van der Waals surface area contributed by atoms with E-state index >= 15 is 0 Å². The molecule has 88 valence electrons. The Morgan fingerprint density at radius 3 is 2.44 bits per heavy atom. The lowest BCUT2D eigenvalue weighted by atomic mass is 10.1. The van der Waals surface area contributed by atoms with Crippen molar-refractivity contribution in [1.29, 1.82) is 0 Å². The largest absolute Gasteiger partial charge is 0.374 e. The second-order valence-corrected chi connectivity index (χ2v) is 5.17. The van der Waals surface area contributed by atoms with E-state index in [1.54, 1.807) is 0 Å². The van der Waals surface area contributed by atoms with Crippen molar-refractivity contribution in [2.24, 2.45) is 11.7 Å². The molecular formula is C14H22N2. The molecule has 0 spiro atoms. The summed E-state index contributed by atoms with van der Waals surface area (Å²) >= 11 is 0. The van der Waals surface area contributed by atoms with Gasteiger partial charge in [0.15, 0.2) is 0 Å². The summed E-state index contributed by atoms with van der Waals surface area (Å²) in [4.78, 5) is 2.35. The van der Waals surface area contributed by atoms with Crippen molar-refractivity contribution in [3.05, 3.63) is 29.8 Å². The van der Waals surface area contributed by atoms with Gasteiger partial charge in [0.25, 0.3) is 0 Å². The van der Waals surface area contributed by atoms with Crippen molar-refractivity contribution in [3.63, 3.8) is 0 Å². The fraction of sp³-hybridized carbons (Fsp3) is 0.571. The molecule has 0 aliphatic heterocycles. The predicted molar refractivity (Wildman–Crippen MR) is 69.8 cm³/mol. The molecule has 2 nitrogen and oxygen atoms in total. The van der Waals surface area contributed by atoms with Gasteiger partial charge in [0, 0.05) is 25.3 Å². The van der Waals surface area contributed by atoms with Gasteiger partial charge in [0.1, 0.15) is 0 Å². The molecule has 0 saturated heterocycles. The second-order valence-electron chi connectivity index (χ2n) is 5.17. The van der Waals surface area contributed by atoms with E-state index in [-0.39, 0.29) is 6.04 Å². The van der Waals surface area contributed by atoms with Gasteiger partial charge in [-0.05, 0) is 49.8 Å². The lowest BCUT2D eigenvalue weighted by Gasteiger charge is -2.19. The Bertz CT molecular complexity index is 325. The molecule has 0 aromatic heterocycles. The molecule has 1 saturated carbocycles. The third-order valence-electron chi connectivity index (χ3n) is 3.16. The molecule has 0 amide bonds. The average Bonchev–Trinajstić information content (AvgIpc) is 3.01. The van der Waals surface area contributed by atoms with E-state index in [1.807, 2.05) is 6.92 Å². The Balaban J connectivity index is 1.94. The monoisotopic (exact) mass is 218 g/mol. The molecule has 1 unspecified atom stereocenters. The zero-order valence-electron chi connectivity index (χ0n) is 10.3. The number of nitrogens with zero attached hydrogens (tertiary/aromatic N) is 1. The van der Waals surface area contributed by atoms with Crippen LogP contribution in [0.15, 0.2) is 24.3 Å². The Morgan fingerprint density at radius 1 is 1.31 bits per heavy atom. The Labute approximate surface area is 98.4 Å². The average molecular weight is 218 g/mol. The number of anilines is 1. The molecule has 0 bridgehead atoms. The maximum atomic E-state index is 5.79. The lowest BCUT2D eigenvalue weighted by molar-refractivity contribution is 0.737. The van der Waals surface area contributed by atoms with Gasteiger partial charge in [0.05, 0.1) is 0 Å². The Hall–Kier alpha value is -1.02. The summed E-state index contributed by atoms with van der Waals surface area (Å²) in [6, 6.07) is 9.06. The lowest BCUT2D eigenvalue weighted by Crippen LogP contribution is -2.20. The Kier molecular flexibility index (Phi) is 3.49. The first-order valence-corrected chi connectivity index (χ1v) is 6.21. The van der Waals surface area contributed by atoms with Crippen molar-refractivity contribution in [3.8, 4) is 0 Å². The van der Waals surface area contributed by atoms with Crippen LogP contribution in [-0.2, 0) is 6.42 Å². The van der Waals surface area contributed by atoms with Crippen molar-refractivity contribution in [1.82, 2.24) is 0 Å². The van der Waals surface area contributed by atoms with Gasteiger partial charge in [-0.15, -0.1) is 0 Å². The van der Waals surface area contributed by atoms with Crippen LogP contribution in [0.25, 0.3) is 0 Å². The van der Waals surface area contributed by atoms with Crippen LogP contribution in [0.4, 0.5) is 5.69 Å². The van der Waals surface area contributed by atoms with E-state index in [9.17, 15) is 0 Å². The van der Waals surface area contributed by atoms with Gasteiger partial charge in [-0.2, -0.15) is 0 Å². The van der Waals surface area contributed by atoms with Gasteiger partial charge in [-0.3, -0.25) is 0 Å². The van der Waals surface area contributed by atoms with Gasteiger partial charge >= 0.3 is 0 Å². The fourth-order valence-corrected chi connectivity index (χ4v) is 2.05. The van der Waals surface area contributed by atoms with E-state index in [0.717, 1.165) is 12.3 Å². The zero-order valence-corrected chi connectivity index (χ0v) is 10.3. The molecule has 1 fully saturated rings. The third kappa shape index (κ3) is 3.24. The van der Waals surface area contributed by atoms with Gasteiger partial charge in [-0.1, -0.05) is 12.1 Å². The highest BCUT2D eigenvalue weighted by atomic mass is 15.1. The summed E-state index contributed by atoms with van der Waals surface area (Å²) in [6.45, 7) is 3.25. The van der Waals surface area contributed by atoms with Crippen molar-refractivity contribution >= 4 is 5.69 Å². The summed E-state index contributed by atoms with van der Waals surface area (Å²) in [5.74, 6) is 0.939. The third-order valence-corrected chi connectivity index (χ3v) is 3.16. The second kappa shape index (κ2) is 4.88. The molecule has 1 aromatic carbocycles. The van der Waals surface area contributed by atoms with Crippen LogP contribution >= 0.6 is 0 Å². The quantitative estimate of drug-likeness (QED) is 0.822. The maximum Gasteiger partial charge on any atom is 0.0363 e. The molecular weight excluding hydrogens is 196 g/mol. The highest BCUT2D eigenvalue weighted by molar-refractivity contribution is 5.47. The van der Waals surface area contributed by atoms with Crippen LogP contribution in [0.5, 0.6) is 0 Å². The van der Waals surface area contributed by atoms with E-state index in [4.69, 9.17) is 5.73 Å². The van der Waals surface area contributed by atoms with Gasteiger partial charge in [-0.25, -0.2) is 0 Å². The first kappa shape index (κ1) is 11.5. The summed E-state index contributed by atoms with van der Waals surface area (Å²) in [5.41, 5.74) is 8.44. The minimum Gasteiger partial charge on any atom is -0.374 e. The van der Waals surface area contributed by atoms with Crippen LogP contribution in [0, 0.1) is 5.92 Å². The fourth-order valence-electron chi connectivity index (χ4n) is 2.05. The molecule has 2 N–H and O–H groups in total. The van der Waals surface area contributed by atoms with E-state index in [1.165, 1.54) is 30.6 Å². The zero-order chi connectivity index (χ0) is 11.5. The SMILES string of the molecule is CC(N)Cc1ccc(N(C)CC2CC2)cc1. The predicted octanol–water partition coefficient (Wildman–Crippen LogP) is 2.42. The Morgan fingerprint density at radius 2 is 1.94 bits per heavy atom. The van der Waals surface area contributed by atoms with Crippen molar-refractivity contribution < 1.29 is 0 Å². The molecule has 1 aliphatic rings. The topological polar surface area (TPSA) is 29.3 Å². The van der Waals surface area contributed by atoms with Crippen molar-refractivity contribution in [2.75, 3.05) is 18.5 Å². The van der Waals surface area contributed by atoms with Crippen molar-refractivity contribution in [2.45, 2.75) is 32.2 Å². The number of hydrogen-bond donors (Lipinski definition) is 1. The molecule has 1 atom stereocenters. The summed E-state index contributed by atoms with van der Waals surface area (Å²) in [6.07, 6.45) is 3.78. The van der Waals surface area contributed by atoms with Crippen LogP contribution < -0.4 is 10.6 Å². The highest BCUT2D eigenvalue weighted by Crippen LogP contribution is 2.30. The number of rotatable bonds is 5. The first-order chi connectivity index (χ1) is 7.65. The van der Waals surface area contributed by atoms with Gasteiger partial charge in [0.2, 0.25) is 0 Å². The molecule has 16 heavy (non-hydrogen) atoms. The van der Waals surface area contributed by atoms with Gasteiger partial charge < -0.3 is 10.6 Å². The summed E-state index contributed by atoms with van der Waals surface area (Å²) in [7, 11) is 2.18. The highest BCUT2D eigenvalue weighted by Gasteiger charge is 2.22. The van der Waals surface area contributed by atoms with E-state index in [2.05, 4.69) is 36.2 Å². The number of nitrogens with two attached hydrogens (primary N) is 1. The van der Waals surface area contributed by atoms with E-state index < -0.39 is 0 Å². The van der Waals surface area contributed by atoms with Crippen LogP contribution in [0.3, 0.4) is 0 Å².